The summed E-state index contributed by atoms with van der Waals surface area (Å²) < 4.78 is 39.7. The van der Waals surface area contributed by atoms with E-state index in [2.05, 4.69) is 10.4 Å². The number of halogens is 3. The maximum Gasteiger partial charge on any atom is 0.418 e. The Morgan fingerprint density at radius 2 is 2.00 bits per heavy atom. The highest BCUT2D eigenvalue weighted by atomic mass is 19.4. The van der Waals surface area contributed by atoms with Gasteiger partial charge in [-0.1, -0.05) is 12.1 Å². The van der Waals surface area contributed by atoms with E-state index in [1.54, 1.807) is 0 Å². The van der Waals surface area contributed by atoms with Gasteiger partial charge in [-0.05, 0) is 37.0 Å². The maximum absolute atomic E-state index is 12.9. The lowest BCUT2D eigenvalue weighted by Gasteiger charge is -2.14. The SMILES string of the molecule is O=C(Cn1nc2c(cc1=O)CCC2)Nc1ccccc1C(F)(F)F. The summed E-state index contributed by atoms with van der Waals surface area (Å²) in [6, 6.07) is 6.12. The van der Waals surface area contributed by atoms with Gasteiger partial charge in [0.05, 0.1) is 16.9 Å². The number of amides is 1. The molecule has 8 heteroatoms. The molecule has 2 aromatic rings. The molecule has 1 aromatic carbocycles. The fourth-order valence-corrected chi connectivity index (χ4v) is 2.72. The average Bonchev–Trinajstić information content (AvgIpc) is 2.94. The molecule has 24 heavy (non-hydrogen) atoms. The summed E-state index contributed by atoms with van der Waals surface area (Å²) in [4.78, 5) is 24.0. The predicted octanol–water partition coefficient (Wildman–Crippen LogP) is 2.39. The summed E-state index contributed by atoms with van der Waals surface area (Å²) >= 11 is 0. The van der Waals surface area contributed by atoms with Gasteiger partial charge < -0.3 is 5.32 Å². The zero-order valence-corrected chi connectivity index (χ0v) is 12.6. The van der Waals surface area contributed by atoms with E-state index in [1.807, 2.05) is 0 Å². The number of aryl methyl sites for hydroxylation is 2. The third-order valence-corrected chi connectivity index (χ3v) is 3.82. The van der Waals surface area contributed by atoms with Gasteiger partial charge in [0.1, 0.15) is 6.54 Å². The number of benzene rings is 1. The Labute approximate surface area is 135 Å². The molecule has 5 nitrogen and oxygen atoms in total. The van der Waals surface area contributed by atoms with Gasteiger partial charge >= 0.3 is 6.18 Å². The van der Waals surface area contributed by atoms with Crippen molar-refractivity contribution >= 4 is 11.6 Å². The number of anilines is 1. The van der Waals surface area contributed by atoms with E-state index in [9.17, 15) is 22.8 Å². The molecule has 3 rings (SSSR count). The van der Waals surface area contributed by atoms with Gasteiger partial charge in [-0.3, -0.25) is 9.59 Å². The van der Waals surface area contributed by atoms with Gasteiger partial charge in [0.15, 0.2) is 0 Å². The molecule has 1 aromatic heterocycles. The highest BCUT2D eigenvalue weighted by Crippen LogP contribution is 2.34. The zero-order valence-electron chi connectivity index (χ0n) is 12.6. The van der Waals surface area contributed by atoms with E-state index in [4.69, 9.17) is 0 Å². The van der Waals surface area contributed by atoms with Gasteiger partial charge in [-0.15, -0.1) is 0 Å². The third kappa shape index (κ3) is 3.32. The monoisotopic (exact) mass is 337 g/mol. The molecule has 0 atom stereocenters. The van der Waals surface area contributed by atoms with Crippen LogP contribution in [-0.4, -0.2) is 15.7 Å². The van der Waals surface area contributed by atoms with Gasteiger partial charge in [0.2, 0.25) is 5.91 Å². The Bertz CT molecular complexity index is 843. The summed E-state index contributed by atoms with van der Waals surface area (Å²) in [5.74, 6) is -0.737. The van der Waals surface area contributed by atoms with Crippen molar-refractivity contribution in [3.63, 3.8) is 0 Å². The number of alkyl halides is 3. The van der Waals surface area contributed by atoms with Crippen molar-refractivity contribution in [1.82, 2.24) is 9.78 Å². The Balaban J connectivity index is 1.79. The van der Waals surface area contributed by atoms with E-state index in [1.165, 1.54) is 24.3 Å². The molecule has 1 heterocycles. The molecule has 0 unspecified atom stereocenters. The van der Waals surface area contributed by atoms with Crippen LogP contribution in [0.1, 0.15) is 23.2 Å². The number of hydrogen-bond donors (Lipinski definition) is 1. The van der Waals surface area contributed by atoms with Gasteiger partial charge in [0, 0.05) is 6.07 Å². The Morgan fingerprint density at radius 3 is 2.75 bits per heavy atom. The molecule has 0 bridgehead atoms. The fraction of sp³-hybridized carbons (Fsp3) is 0.312. The number of fused-ring (bicyclic) bond motifs is 1. The number of rotatable bonds is 3. The first-order valence-electron chi connectivity index (χ1n) is 7.40. The first-order valence-corrected chi connectivity index (χ1v) is 7.40. The molecule has 0 saturated carbocycles. The number of nitrogens with zero attached hydrogens (tertiary/aromatic N) is 2. The number of nitrogens with one attached hydrogen (secondary N) is 1. The van der Waals surface area contributed by atoms with Crippen molar-refractivity contribution < 1.29 is 18.0 Å². The average molecular weight is 337 g/mol. The van der Waals surface area contributed by atoms with Gasteiger partial charge in [0.25, 0.3) is 5.56 Å². The van der Waals surface area contributed by atoms with Crippen molar-refractivity contribution in [1.29, 1.82) is 0 Å². The minimum Gasteiger partial charge on any atom is -0.324 e. The number of carbonyl (C=O) groups is 1. The summed E-state index contributed by atoms with van der Waals surface area (Å²) in [7, 11) is 0. The van der Waals surface area contributed by atoms with E-state index >= 15 is 0 Å². The van der Waals surface area contributed by atoms with Crippen LogP contribution in [0.2, 0.25) is 0 Å². The van der Waals surface area contributed by atoms with Crippen molar-refractivity contribution in [2.24, 2.45) is 0 Å². The summed E-state index contributed by atoms with van der Waals surface area (Å²) in [6.45, 7) is -0.432. The molecule has 0 fully saturated rings. The van der Waals surface area contributed by atoms with Crippen LogP contribution < -0.4 is 10.9 Å². The highest BCUT2D eigenvalue weighted by Gasteiger charge is 2.33. The van der Waals surface area contributed by atoms with E-state index < -0.39 is 29.8 Å². The van der Waals surface area contributed by atoms with Crippen LogP contribution in [-0.2, 0) is 30.4 Å². The van der Waals surface area contributed by atoms with Crippen molar-refractivity contribution in [2.75, 3.05) is 5.32 Å². The Hall–Kier alpha value is -2.64. The number of carbonyl (C=O) groups excluding carboxylic acids is 1. The van der Waals surface area contributed by atoms with Gasteiger partial charge in [-0.25, -0.2) is 4.68 Å². The summed E-state index contributed by atoms with van der Waals surface area (Å²) in [5.41, 5.74) is -0.0797. The summed E-state index contributed by atoms with van der Waals surface area (Å²) in [5, 5.41) is 6.33. The number of hydrogen-bond acceptors (Lipinski definition) is 3. The van der Waals surface area contributed by atoms with Crippen LogP contribution in [0.5, 0.6) is 0 Å². The lowest BCUT2D eigenvalue weighted by Crippen LogP contribution is -2.30. The minimum atomic E-state index is -4.58. The molecular weight excluding hydrogens is 323 g/mol. The van der Waals surface area contributed by atoms with Crippen molar-refractivity contribution in [3.05, 3.63) is 57.5 Å². The third-order valence-electron chi connectivity index (χ3n) is 3.82. The molecule has 0 radical (unpaired) electrons. The van der Waals surface area contributed by atoms with Crippen molar-refractivity contribution in [3.8, 4) is 0 Å². The predicted molar refractivity (Wildman–Crippen MR) is 80.6 cm³/mol. The summed E-state index contributed by atoms with van der Waals surface area (Å²) in [6.07, 6.45) is -2.17. The molecule has 1 N–H and O–H groups in total. The molecule has 1 aliphatic rings. The van der Waals surface area contributed by atoms with Crippen LogP contribution >= 0.6 is 0 Å². The Morgan fingerprint density at radius 1 is 1.25 bits per heavy atom. The number of aromatic nitrogens is 2. The van der Waals surface area contributed by atoms with Crippen LogP contribution in [0.4, 0.5) is 18.9 Å². The largest absolute Gasteiger partial charge is 0.418 e. The lowest BCUT2D eigenvalue weighted by molar-refractivity contribution is -0.137. The Kier molecular flexibility index (Phi) is 4.13. The fourth-order valence-electron chi connectivity index (χ4n) is 2.72. The lowest BCUT2D eigenvalue weighted by atomic mass is 10.1. The second kappa shape index (κ2) is 6.10. The molecular formula is C16H14F3N3O2. The van der Waals surface area contributed by atoms with Crippen LogP contribution in [0, 0.1) is 0 Å². The highest BCUT2D eigenvalue weighted by molar-refractivity contribution is 5.91. The molecule has 1 aliphatic carbocycles. The molecule has 0 spiro atoms. The van der Waals surface area contributed by atoms with E-state index in [0.717, 1.165) is 41.3 Å². The van der Waals surface area contributed by atoms with Crippen LogP contribution in [0.25, 0.3) is 0 Å². The van der Waals surface area contributed by atoms with Crippen LogP contribution in [0.3, 0.4) is 0 Å². The normalized spacial score (nSPS) is 13.6. The molecule has 0 aliphatic heterocycles. The quantitative estimate of drug-likeness (QED) is 0.935. The standard InChI is InChI=1S/C16H14F3N3O2/c17-16(18,19)11-5-1-2-6-13(11)20-14(23)9-22-15(24)8-10-4-3-7-12(10)21-22/h1-2,5-6,8H,3-4,7,9H2,(H,20,23). The number of para-hydroxylation sites is 1. The minimum absolute atomic E-state index is 0.343. The maximum atomic E-state index is 12.9. The van der Waals surface area contributed by atoms with E-state index in [0.29, 0.717) is 0 Å². The van der Waals surface area contributed by atoms with Gasteiger partial charge in [-0.2, -0.15) is 18.3 Å². The second-order valence-electron chi connectivity index (χ2n) is 5.56. The molecule has 126 valence electrons. The topological polar surface area (TPSA) is 64.0 Å². The first-order chi connectivity index (χ1) is 11.3. The zero-order chi connectivity index (χ0) is 17.3. The molecule has 1 amide bonds. The molecule has 0 saturated heterocycles. The smallest absolute Gasteiger partial charge is 0.324 e. The second-order valence-corrected chi connectivity index (χ2v) is 5.56. The first kappa shape index (κ1) is 16.2. The van der Waals surface area contributed by atoms with E-state index in [-0.39, 0.29) is 5.69 Å². The van der Waals surface area contributed by atoms with Crippen LogP contribution in [0.15, 0.2) is 35.1 Å². The van der Waals surface area contributed by atoms with Crippen molar-refractivity contribution in [2.45, 2.75) is 32.0 Å².